The van der Waals surface area contributed by atoms with Crippen LogP contribution in [-0.4, -0.2) is 23.1 Å². The van der Waals surface area contributed by atoms with Gasteiger partial charge in [0.05, 0.1) is 16.8 Å². The number of aromatic carboxylic acids is 1. The summed E-state index contributed by atoms with van der Waals surface area (Å²) in [7, 11) is -2.72. The lowest BCUT2D eigenvalue weighted by atomic mass is 10.2. The van der Waals surface area contributed by atoms with Crippen LogP contribution in [0, 0.1) is 6.92 Å². The van der Waals surface area contributed by atoms with Crippen molar-refractivity contribution in [2.45, 2.75) is 6.92 Å². The van der Waals surface area contributed by atoms with Crippen LogP contribution >= 0.6 is 15.9 Å². The van der Waals surface area contributed by atoms with Crippen molar-refractivity contribution in [1.29, 1.82) is 0 Å². The van der Waals surface area contributed by atoms with Crippen LogP contribution in [0.1, 0.15) is 20.2 Å². The number of hydrogen-bond acceptors (Lipinski definition) is 3. The zero-order chi connectivity index (χ0) is 12.5. The first kappa shape index (κ1) is 6.37. The number of hydrogen-bond donors (Lipinski definition) is 1. The highest BCUT2D eigenvalue weighted by atomic mass is 79.9. The normalized spacial score (nSPS) is 14.2. The number of rotatable bonds is 2. The van der Waals surface area contributed by atoms with Crippen LogP contribution in [-0.2, 0) is 0 Å². The molecule has 0 atom stereocenters. The van der Waals surface area contributed by atoms with E-state index in [4.69, 9.17) is 9.22 Å². The first-order valence-electron chi connectivity index (χ1n) is 4.80. The summed E-state index contributed by atoms with van der Waals surface area (Å²) in [6.07, 6.45) is 0. The van der Waals surface area contributed by atoms with E-state index in [1.54, 1.807) is 6.92 Å². The number of methoxy groups -OCH3 is 1. The van der Waals surface area contributed by atoms with E-state index < -0.39 is 18.9 Å². The molecule has 0 amide bonds. The average Bonchev–Trinajstić information content (AvgIpc) is 2.07. The summed E-state index contributed by atoms with van der Waals surface area (Å²) in [4.78, 5) is 14.6. The summed E-state index contributed by atoms with van der Waals surface area (Å²) in [5, 5.41) is 8.85. The smallest absolute Gasteiger partial charge is 0.341 e. The number of halogens is 1. The van der Waals surface area contributed by atoms with Crippen molar-refractivity contribution in [2.75, 3.05) is 7.04 Å². The van der Waals surface area contributed by atoms with Crippen molar-refractivity contribution in [3.05, 3.63) is 21.8 Å². The summed E-state index contributed by atoms with van der Waals surface area (Å²) in [6, 6.07) is 1.26. The topological polar surface area (TPSA) is 59.4 Å². The van der Waals surface area contributed by atoms with Crippen molar-refractivity contribution in [2.24, 2.45) is 0 Å². The van der Waals surface area contributed by atoms with E-state index in [1.807, 2.05) is 0 Å². The van der Waals surface area contributed by atoms with Crippen molar-refractivity contribution in [1.82, 2.24) is 4.98 Å². The highest BCUT2D eigenvalue weighted by Crippen LogP contribution is 2.22. The van der Waals surface area contributed by atoms with Gasteiger partial charge in [0, 0.05) is 4.47 Å². The summed E-state index contributed by atoms with van der Waals surface area (Å²) in [6.45, 7) is 1.60. The zero-order valence-electron chi connectivity index (χ0n) is 9.67. The van der Waals surface area contributed by atoms with Gasteiger partial charge in [-0.3, -0.25) is 0 Å². The molecule has 1 heterocycles. The van der Waals surface area contributed by atoms with Crippen LogP contribution < -0.4 is 4.74 Å². The number of carboxylic acids is 1. The maximum Gasteiger partial charge on any atom is 0.341 e. The Morgan fingerprint density at radius 1 is 1.85 bits per heavy atom. The van der Waals surface area contributed by atoms with E-state index >= 15 is 0 Å². The largest absolute Gasteiger partial charge is 0.480 e. The Hall–Kier alpha value is -1.10. The Bertz CT molecular complexity index is 433. The molecule has 0 saturated carbocycles. The third kappa shape index (κ3) is 1.98. The number of carboxylic acid groups (broad SMARTS) is 1. The molecular formula is C8H8BrNO3. The number of carbonyl (C=O) groups is 1. The monoisotopic (exact) mass is 248 g/mol. The second kappa shape index (κ2) is 3.74. The second-order valence-electron chi connectivity index (χ2n) is 2.32. The standard InChI is InChI=1S/C8H8BrNO3/c1-4-6(9)3-5(8(11)12)7(10-4)13-2/h3H,1-2H3,(H,11,12)/i2D3. The number of pyridine rings is 1. The van der Waals surface area contributed by atoms with E-state index in [-0.39, 0.29) is 5.56 Å². The van der Waals surface area contributed by atoms with Gasteiger partial charge in [-0.2, -0.15) is 0 Å². The Morgan fingerprint density at radius 2 is 2.54 bits per heavy atom. The summed E-state index contributed by atoms with van der Waals surface area (Å²) in [5.74, 6) is -1.71. The number of ether oxygens (including phenoxy) is 1. The molecule has 1 aromatic heterocycles. The quantitative estimate of drug-likeness (QED) is 0.868. The molecule has 0 radical (unpaired) electrons. The molecule has 5 heteroatoms. The van der Waals surface area contributed by atoms with Crippen LogP contribution in [0.4, 0.5) is 0 Å². The highest BCUT2D eigenvalue weighted by Gasteiger charge is 2.14. The fourth-order valence-electron chi connectivity index (χ4n) is 0.790. The molecule has 0 saturated heterocycles. The van der Waals surface area contributed by atoms with Crippen molar-refractivity contribution < 1.29 is 18.8 Å². The molecule has 70 valence electrons. The third-order valence-electron chi connectivity index (χ3n) is 1.44. The van der Waals surface area contributed by atoms with E-state index in [0.29, 0.717) is 10.2 Å². The minimum Gasteiger partial charge on any atom is -0.480 e. The van der Waals surface area contributed by atoms with Crippen LogP contribution in [0.3, 0.4) is 0 Å². The van der Waals surface area contributed by atoms with E-state index in [1.165, 1.54) is 6.07 Å². The second-order valence-corrected chi connectivity index (χ2v) is 3.17. The predicted molar refractivity (Wildman–Crippen MR) is 50.2 cm³/mol. The maximum atomic E-state index is 10.8. The molecule has 0 aliphatic rings. The van der Waals surface area contributed by atoms with Crippen LogP contribution in [0.5, 0.6) is 5.88 Å². The van der Waals surface area contributed by atoms with Crippen LogP contribution in [0.2, 0.25) is 0 Å². The van der Waals surface area contributed by atoms with Gasteiger partial charge in [-0.15, -0.1) is 0 Å². The molecule has 1 rings (SSSR count). The number of nitrogens with zero attached hydrogens (tertiary/aromatic N) is 1. The maximum absolute atomic E-state index is 10.8. The van der Waals surface area contributed by atoms with Gasteiger partial charge in [0.15, 0.2) is 0 Å². The predicted octanol–water partition coefficient (Wildman–Crippen LogP) is 1.86. The molecule has 0 fully saturated rings. The molecule has 1 aromatic rings. The van der Waals surface area contributed by atoms with E-state index in [0.717, 1.165) is 0 Å². The van der Waals surface area contributed by atoms with Gasteiger partial charge in [0.2, 0.25) is 5.88 Å². The van der Waals surface area contributed by atoms with Gasteiger partial charge in [-0.05, 0) is 28.9 Å². The Kier molecular flexibility index (Phi) is 1.83. The third-order valence-corrected chi connectivity index (χ3v) is 2.25. The highest BCUT2D eigenvalue weighted by molar-refractivity contribution is 9.10. The van der Waals surface area contributed by atoms with Gasteiger partial charge in [-0.25, -0.2) is 9.78 Å². The Balaban J connectivity index is 3.25. The molecule has 0 unspecified atom stereocenters. The molecule has 0 aromatic carbocycles. The fraction of sp³-hybridized carbons (Fsp3) is 0.250. The van der Waals surface area contributed by atoms with Crippen molar-refractivity contribution >= 4 is 21.9 Å². The number of aromatic nitrogens is 1. The Morgan fingerprint density at radius 3 is 3.08 bits per heavy atom. The van der Waals surface area contributed by atoms with E-state index in [9.17, 15) is 4.79 Å². The van der Waals surface area contributed by atoms with Gasteiger partial charge >= 0.3 is 5.97 Å². The zero-order valence-corrected chi connectivity index (χ0v) is 8.25. The molecule has 4 nitrogen and oxygen atoms in total. The SMILES string of the molecule is [2H]C([2H])([2H])Oc1nc(C)c(Br)cc1C(=O)O. The van der Waals surface area contributed by atoms with E-state index in [2.05, 4.69) is 25.7 Å². The molecule has 0 aliphatic heterocycles. The fourth-order valence-corrected chi connectivity index (χ4v) is 1.11. The minimum atomic E-state index is -2.72. The molecule has 0 bridgehead atoms. The van der Waals surface area contributed by atoms with Gasteiger partial charge in [0.1, 0.15) is 5.56 Å². The lowest BCUT2D eigenvalue weighted by molar-refractivity contribution is 0.0692. The number of aryl methyl sites for hydroxylation is 1. The summed E-state index contributed by atoms with van der Waals surface area (Å²) >= 11 is 3.11. The first-order chi connectivity index (χ1) is 7.20. The van der Waals surface area contributed by atoms with Crippen LogP contribution in [0.25, 0.3) is 0 Å². The van der Waals surface area contributed by atoms with Gasteiger partial charge in [-0.1, -0.05) is 0 Å². The van der Waals surface area contributed by atoms with Crippen molar-refractivity contribution in [3.8, 4) is 5.88 Å². The molecule has 0 spiro atoms. The van der Waals surface area contributed by atoms with Crippen LogP contribution in [0.15, 0.2) is 10.5 Å². The Labute approximate surface area is 87.9 Å². The molecule has 0 aliphatic carbocycles. The van der Waals surface area contributed by atoms with Gasteiger partial charge in [0.25, 0.3) is 0 Å². The lowest BCUT2D eigenvalue weighted by Gasteiger charge is -2.05. The molecular weight excluding hydrogens is 238 g/mol. The van der Waals surface area contributed by atoms with Crippen molar-refractivity contribution in [3.63, 3.8) is 0 Å². The molecule has 13 heavy (non-hydrogen) atoms. The van der Waals surface area contributed by atoms with Gasteiger partial charge < -0.3 is 9.84 Å². The first-order valence-corrected chi connectivity index (χ1v) is 4.09. The molecule has 1 N–H and O–H groups in total. The summed E-state index contributed by atoms with van der Waals surface area (Å²) < 4.78 is 25.7. The minimum absolute atomic E-state index is 0.298. The average molecular weight is 249 g/mol. The summed E-state index contributed by atoms with van der Waals surface area (Å²) in [5.41, 5.74) is 0.151. The lowest BCUT2D eigenvalue weighted by Crippen LogP contribution is -2.03.